The first-order chi connectivity index (χ1) is 12.5. The normalized spacial score (nSPS) is 11.7. The molecule has 0 aromatic heterocycles. The monoisotopic (exact) mass is 361 g/mol. The highest BCUT2D eigenvalue weighted by Gasteiger charge is 2.10. The van der Waals surface area contributed by atoms with Crippen molar-refractivity contribution in [2.24, 2.45) is 0 Å². The summed E-state index contributed by atoms with van der Waals surface area (Å²) in [6, 6.07) is 12.1. The lowest BCUT2D eigenvalue weighted by molar-refractivity contribution is -0.121. The van der Waals surface area contributed by atoms with Gasteiger partial charge in [-0.2, -0.15) is 0 Å². The Kier molecular flexibility index (Phi) is 7.41. The number of carbonyl (C=O) groups excluding carboxylic acids is 1. The number of aliphatic hydroxyl groups excluding tert-OH is 1. The first-order valence-corrected chi connectivity index (χ1v) is 8.44. The van der Waals surface area contributed by atoms with E-state index in [0.717, 1.165) is 5.56 Å². The fourth-order valence-corrected chi connectivity index (χ4v) is 2.40. The Bertz CT molecular complexity index is 736. The van der Waals surface area contributed by atoms with Crippen molar-refractivity contribution in [3.05, 3.63) is 59.4 Å². The van der Waals surface area contributed by atoms with Gasteiger partial charge < -0.3 is 19.9 Å². The van der Waals surface area contributed by atoms with Gasteiger partial charge in [0.2, 0.25) is 5.91 Å². The molecule has 0 spiro atoms. The molecule has 2 rings (SSSR count). The van der Waals surface area contributed by atoms with Crippen LogP contribution in [0.25, 0.3) is 0 Å². The zero-order chi connectivity index (χ0) is 18.9. The minimum Gasteiger partial charge on any atom is -0.494 e. The van der Waals surface area contributed by atoms with Gasteiger partial charge in [0.25, 0.3) is 0 Å². The minimum absolute atomic E-state index is 0.0907. The Morgan fingerprint density at radius 1 is 1.27 bits per heavy atom. The van der Waals surface area contributed by atoms with Gasteiger partial charge in [-0.1, -0.05) is 18.2 Å². The number of hydrogen-bond donors (Lipinski definition) is 2. The van der Waals surface area contributed by atoms with Crippen LogP contribution in [0.5, 0.6) is 11.5 Å². The second-order valence-electron chi connectivity index (χ2n) is 6.05. The molecule has 0 saturated heterocycles. The van der Waals surface area contributed by atoms with E-state index in [-0.39, 0.29) is 31.2 Å². The molecule has 0 fully saturated rings. The predicted octanol–water partition coefficient (Wildman–Crippen LogP) is 2.63. The van der Waals surface area contributed by atoms with Gasteiger partial charge in [0.15, 0.2) is 11.6 Å². The van der Waals surface area contributed by atoms with Gasteiger partial charge in [-0.05, 0) is 48.7 Å². The number of benzene rings is 2. The average molecular weight is 361 g/mol. The highest BCUT2D eigenvalue weighted by Crippen LogP contribution is 2.18. The third kappa shape index (κ3) is 6.37. The number of halogens is 1. The van der Waals surface area contributed by atoms with Crippen molar-refractivity contribution in [2.75, 3.05) is 20.3 Å². The first kappa shape index (κ1) is 19.7. The molecule has 0 bridgehead atoms. The zero-order valence-electron chi connectivity index (χ0n) is 15.0. The van der Waals surface area contributed by atoms with Crippen LogP contribution in [-0.4, -0.2) is 37.4 Å². The molecule has 2 aromatic carbocycles. The molecule has 0 radical (unpaired) electrons. The Labute approximate surface area is 152 Å². The van der Waals surface area contributed by atoms with Crippen LogP contribution in [0.15, 0.2) is 42.5 Å². The van der Waals surface area contributed by atoms with Crippen LogP contribution in [0.4, 0.5) is 4.39 Å². The molecule has 0 aliphatic rings. The quantitative estimate of drug-likeness (QED) is 0.721. The van der Waals surface area contributed by atoms with Crippen molar-refractivity contribution in [3.8, 4) is 11.5 Å². The smallest absolute Gasteiger partial charge is 0.220 e. The van der Waals surface area contributed by atoms with E-state index in [1.807, 2.05) is 31.2 Å². The molecule has 0 aliphatic carbocycles. The van der Waals surface area contributed by atoms with Crippen molar-refractivity contribution in [3.63, 3.8) is 0 Å². The van der Waals surface area contributed by atoms with Crippen LogP contribution < -0.4 is 14.8 Å². The predicted molar refractivity (Wildman–Crippen MR) is 97.0 cm³/mol. The summed E-state index contributed by atoms with van der Waals surface area (Å²) < 4.78 is 24.0. The molecule has 1 amide bonds. The number of aryl methyl sites for hydroxylation is 2. The largest absolute Gasteiger partial charge is 0.494 e. The molecule has 140 valence electrons. The lowest BCUT2D eigenvalue weighted by Gasteiger charge is -2.13. The molecular formula is C20H24FNO4. The molecule has 0 saturated carbocycles. The Morgan fingerprint density at radius 2 is 2.08 bits per heavy atom. The molecule has 6 heteroatoms. The van der Waals surface area contributed by atoms with E-state index in [1.165, 1.54) is 19.2 Å². The summed E-state index contributed by atoms with van der Waals surface area (Å²) in [6.45, 7) is 2.15. The molecule has 1 atom stereocenters. The molecule has 0 aliphatic heterocycles. The van der Waals surface area contributed by atoms with E-state index in [2.05, 4.69) is 5.32 Å². The number of carbonyl (C=O) groups is 1. The molecule has 5 nitrogen and oxygen atoms in total. The Hall–Kier alpha value is -2.60. The molecule has 26 heavy (non-hydrogen) atoms. The standard InChI is InChI=1S/C20H24FNO4/c1-14-4-3-5-17(10-14)26-13-16(23)12-22-20(24)9-7-15-6-8-19(25-2)18(21)11-15/h3-6,8,10-11,16,23H,7,9,12-13H2,1-2H3,(H,22,24). The van der Waals surface area contributed by atoms with Crippen molar-refractivity contribution in [1.82, 2.24) is 5.32 Å². The van der Waals surface area contributed by atoms with Crippen LogP contribution in [0.1, 0.15) is 17.5 Å². The third-order valence-electron chi connectivity index (χ3n) is 3.82. The maximum atomic E-state index is 13.6. The van der Waals surface area contributed by atoms with Gasteiger partial charge in [0.05, 0.1) is 7.11 Å². The second-order valence-corrected chi connectivity index (χ2v) is 6.05. The van der Waals surface area contributed by atoms with Gasteiger partial charge >= 0.3 is 0 Å². The number of nitrogens with one attached hydrogen (secondary N) is 1. The fraction of sp³-hybridized carbons (Fsp3) is 0.350. The van der Waals surface area contributed by atoms with E-state index in [0.29, 0.717) is 17.7 Å². The van der Waals surface area contributed by atoms with E-state index >= 15 is 0 Å². The van der Waals surface area contributed by atoms with Crippen molar-refractivity contribution in [2.45, 2.75) is 25.9 Å². The molecule has 2 N–H and O–H groups in total. The van der Waals surface area contributed by atoms with Gasteiger partial charge in [-0.25, -0.2) is 4.39 Å². The number of aliphatic hydroxyl groups is 1. The first-order valence-electron chi connectivity index (χ1n) is 8.44. The van der Waals surface area contributed by atoms with Gasteiger partial charge in [-0.15, -0.1) is 0 Å². The second kappa shape index (κ2) is 9.77. The van der Waals surface area contributed by atoms with Gasteiger partial charge in [0, 0.05) is 13.0 Å². The molecular weight excluding hydrogens is 337 g/mol. The highest BCUT2D eigenvalue weighted by molar-refractivity contribution is 5.76. The van der Waals surface area contributed by atoms with Gasteiger partial charge in [0.1, 0.15) is 18.5 Å². The topological polar surface area (TPSA) is 67.8 Å². The number of ether oxygens (including phenoxy) is 2. The number of rotatable bonds is 9. The summed E-state index contributed by atoms with van der Waals surface area (Å²) in [6.07, 6.45) is -0.197. The number of methoxy groups -OCH3 is 1. The molecule has 2 aromatic rings. The zero-order valence-corrected chi connectivity index (χ0v) is 15.0. The fourth-order valence-electron chi connectivity index (χ4n) is 2.40. The Balaban J connectivity index is 1.68. The van der Waals surface area contributed by atoms with Crippen molar-refractivity contribution in [1.29, 1.82) is 0 Å². The summed E-state index contributed by atoms with van der Waals surface area (Å²) in [4.78, 5) is 11.9. The number of hydrogen-bond acceptors (Lipinski definition) is 4. The molecule has 0 heterocycles. The van der Waals surface area contributed by atoms with Crippen molar-refractivity contribution >= 4 is 5.91 Å². The highest BCUT2D eigenvalue weighted by atomic mass is 19.1. The van der Waals surface area contributed by atoms with Crippen LogP contribution in [0.3, 0.4) is 0 Å². The summed E-state index contributed by atoms with van der Waals surface area (Å²) in [5.74, 6) is 0.191. The van der Waals surface area contributed by atoms with Crippen molar-refractivity contribution < 1.29 is 23.8 Å². The maximum Gasteiger partial charge on any atom is 0.220 e. The van der Waals surface area contributed by atoms with Crippen LogP contribution in [0.2, 0.25) is 0 Å². The lowest BCUT2D eigenvalue weighted by Crippen LogP contribution is -2.35. The van der Waals surface area contributed by atoms with Crippen LogP contribution in [-0.2, 0) is 11.2 Å². The van der Waals surface area contributed by atoms with E-state index in [9.17, 15) is 14.3 Å². The van der Waals surface area contributed by atoms with Crippen LogP contribution in [0, 0.1) is 12.7 Å². The SMILES string of the molecule is COc1ccc(CCC(=O)NCC(O)COc2cccc(C)c2)cc1F. The maximum absolute atomic E-state index is 13.6. The van der Waals surface area contributed by atoms with E-state index in [4.69, 9.17) is 9.47 Å². The summed E-state index contributed by atoms with van der Waals surface area (Å²) in [5.41, 5.74) is 1.78. The van der Waals surface area contributed by atoms with E-state index < -0.39 is 11.9 Å². The molecule has 1 unspecified atom stereocenters. The van der Waals surface area contributed by atoms with Gasteiger partial charge in [-0.3, -0.25) is 4.79 Å². The summed E-state index contributed by atoms with van der Waals surface area (Å²) >= 11 is 0. The average Bonchev–Trinajstić information content (AvgIpc) is 2.63. The summed E-state index contributed by atoms with van der Waals surface area (Å²) in [7, 11) is 1.40. The summed E-state index contributed by atoms with van der Waals surface area (Å²) in [5, 5.41) is 12.6. The van der Waals surface area contributed by atoms with E-state index in [1.54, 1.807) is 6.07 Å². The Morgan fingerprint density at radius 3 is 2.77 bits per heavy atom. The number of amides is 1. The minimum atomic E-state index is -0.808. The van der Waals surface area contributed by atoms with Crippen LogP contribution >= 0.6 is 0 Å². The lowest BCUT2D eigenvalue weighted by atomic mass is 10.1. The third-order valence-corrected chi connectivity index (χ3v) is 3.82.